The van der Waals surface area contributed by atoms with E-state index in [2.05, 4.69) is 67.0 Å². The first-order chi connectivity index (χ1) is 10.3. The molecule has 1 heterocycles. The summed E-state index contributed by atoms with van der Waals surface area (Å²) in [5.41, 5.74) is 3.65. The molecule has 0 aliphatic rings. The molecule has 0 atom stereocenters. The Labute approximate surface area is 130 Å². The van der Waals surface area contributed by atoms with Crippen LogP contribution in [0.1, 0.15) is 5.56 Å². The largest absolute Gasteiger partial charge is 0.365 e. The normalized spacial score (nSPS) is 10.6. The number of nitrogens with two attached hydrogens (primary N) is 1. The second-order valence-corrected chi connectivity index (χ2v) is 5.38. The third-order valence-corrected chi connectivity index (χ3v) is 3.78. The summed E-state index contributed by atoms with van der Waals surface area (Å²) in [6.07, 6.45) is 1.66. The molecule has 0 amide bonds. The first-order valence-corrected chi connectivity index (χ1v) is 7.27. The minimum absolute atomic E-state index is 0.374. The van der Waals surface area contributed by atoms with Crippen LogP contribution in [0.25, 0.3) is 10.8 Å². The van der Waals surface area contributed by atoms with Gasteiger partial charge in [-0.15, -0.1) is 0 Å². The monoisotopic (exact) mass is 343 g/mol. The Morgan fingerprint density at radius 1 is 1.10 bits per heavy atom. The molecule has 3 rings (SSSR count). The van der Waals surface area contributed by atoms with Crippen LogP contribution in [0.5, 0.6) is 0 Å². The van der Waals surface area contributed by atoms with Crippen LogP contribution in [-0.4, -0.2) is 9.97 Å². The van der Waals surface area contributed by atoms with Crippen LogP contribution in [-0.2, 0) is 6.54 Å². The van der Waals surface area contributed by atoms with Gasteiger partial charge in [0.1, 0.15) is 5.82 Å². The number of nitrogens with zero attached hydrogens (tertiary/aromatic N) is 2. The van der Waals surface area contributed by atoms with Crippen LogP contribution in [0.4, 0.5) is 11.8 Å². The molecular weight excluding hydrogens is 330 g/mol. The second kappa shape index (κ2) is 6.07. The average molecular weight is 344 g/mol. The quantitative estimate of drug-likeness (QED) is 0.500. The Bertz CT molecular complexity index is 770. The van der Waals surface area contributed by atoms with E-state index >= 15 is 0 Å². The molecule has 4 N–H and O–H groups in total. The maximum Gasteiger partial charge on any atom is 0.239 e. The molecule has 0 aliphatic carbocycles. The van der Waals surface area contributed by atoms with Crippen molar-refractivity contribution in [2.75, 3.05) is 10.7 Å². The van der Waals surface area contributed by atoms with Crippen molar-refractivity contribution in [2.24, 2.45) is 5.84 Å². The molecule has 3 aromatic rings. The number of anilines is 2. The molecule has 0 saturated carbocycles. The molecule has 6 heteroatoms. The van der Waals surface area contributed by atoms with Gasteiger partial charge < -0.3 is 5.32 Å². The maximum absolute atomic E-state index is 5.33. The molecule has 2 aromatic carbocycles. The minimum Gasteiger partial charge on any atom is -0.365 e. The predicted octanol–water partition coefficient (Wildman–Crippen LogP) is 3.29. The average Bonchev–Trinajstić information content (AvgIpc) is 2.54. The number of halogens is 1. The highest BCUT2D eigenvalue weighted by atomic mass is 79.9. The van der Waals surface area contributed by atoms with E-state index in [4.69, 9.17) is 5.84 Å². The van der Waals surface area contributed by atoms with Crippen molar-refractivity contribution in [1.29, 1.82) is 0 Å². The number of benzene rings is 2. The summed E-state index contributed by atoms with van der Waals surface area (Å²) in [4.78, 5) is 8.31. The fraction of sp³-hybridized carbons (Fsp3) is 0.0667. The highest BCUT2D eigenvalue weighted by Gasteiger charge is 2.05. The van der Waals surface area contributed by atoms with Gasteiger partial charge in [0, 0.05) is 12.7 Å². The van der Waals surface area contributed by atoms with Crippen LogP contribution in [0.15, 0.2) is 53.1 Å². The molecule has 106 valence electrons. The molecule has 0 fully saturated rings. The molecule has 0 aliphatic heterocycles. The maximum atomic E-state index is 5.33. The summed E-state index contributed by atoms with van der Waals surface area (Å²) in [5, 5.41) is 5.76. The van der Waals surface area contributed by atoms with E-state index in [0.29, 0.717) is 18.3 Å². The van der Waals surface area contributed by atoms with Gasteiger partial charge in [-0.1, -0.05) is 42.5 Å². The summed E-state index contributed by atoms with van der Waals surface area (Å²) in [6, 6.07) is 14.6. The molecule has 5 nitrogen and oxygen atoms in total. The number of hydrogen-bond donors (Lipinski definition) is 3. The topological polar surface area (TPSA) is 75.9 Å². The van der Waals surface area contributed by atoms with E-state index in [-0.39, 0.29) is 0 Å². The van der Waals surface area contributed by atoms with Gasteiger partial charge in [0.2, 0.25) is 5.95 Å². The molecule has 0 spiro atoms. The van der Waals surface area contributed by atoms with Gasteiger partial charge in [-0.3, -0.25) is 5.43 Å². The first-order valence-electron chi connectivity index (χ1n) is 6.47. The third kappa shape index (κ3) is 2.96. The van der Waals surface area contributed by atoms with Gasteiger partial charge in [-0.2, -0.15) is 4.98 Å². The zero-order valence-electron chi connectivity index (χ0n) is 11.2. The van der Waals surface area contributed by atoms with Crippen molar-refractivity contribution in [3.05, 3.63) is 58.7 Å². The minimum atomic E-state index is 0.374. The summed E-state index contributed by atoms with van der Waals surface area (Å²) in [6.45, 7) is 0.668. The van der Waals surface area contributed by atoms with Gasteiger partial charge in [0.25, 0.3) is 0 Å². The fourth-order valence-electron chi connectivity index (χ4n) is 2.19. The molecule has 0 radical (unpaired) electrons. The van der Waals surface area contributed by atoms with Crippen molar-refractivity contribution in [3.8, 4) is 0 Å². The van der Waals surface area contributed by atoms with Crippen LogP contribution in [0.2, 0.25) is 0 Å². The Balaban J connectivity index is 1.87. The highest BCUT2D eigenvalue weighted by molar-refractivity contribution is 9.10. The van der Waals surface area contributed by atoms with E-state index in [9.17, 15) is 0 Å². The number of nitrogen functional groups attached to an aromatic ring is 1. The molecule has 21 heavy (non-hydrogen) atoms. The van der Waals surface area contributed by atoms with Gasteiger partial charge in [-0.25, -0.2) is 10.8 Å². The van der Waals surface area contributed by atoms with E-state index in [1.54, 1.807) is 6.20 Å². The van der Waals surface area contributed by atoms with Crippen molar-refractivity contribution in [2.45, 2.75) is 6.54 Å². The zero-order valence-corrected chi connectivity index (χ0v) is 12.8. The van der Waals surface area contributed by atoms with Crippen LogP contribution < -0.4 is 16.6 Å². The van der Waals surface area contributed by atoms with E-state index in [1.807, 2.05) is 12.1 Å². The van der Waals surface area contributed by atoms with E-state index in [1.165, 1.54) is 16.3 Å². The van der Waals surface area contributed by atoms with Crippen LogP contribution in [0, 0.1) is 0 Å². The second-order valence-electron chi connectivity index (χ2n) is 4.53. The van der Waals surface area contributed by atoms with Crippen molar-refractivity contribution in [1.82, 2.24) is 9.97 Å². The third-order valence-electron chi connectivity index (χ3n) is 3.20. The van der Waals surface area contributed by atoms with E-state index in [0.717, 1.165) is 4.47 Å². The number of hydrogen-bond acceptors (Lipinski definition) is 5. The lowest BCUT2D eigenvalue weighted by atomic mass is 10.0. The summed E-state index contributed by atoms with van der Waals surface area (Å²) in [5.74, 6) is 6.41. The Hall–Kier alpha value is -2.18. The summed E-state index contributed by atoms with van der Waals surface area (Å²) in [7, 11) is 0. The van der Waals surface area contributed by atoms with E-state index < -0.39 is 0 Å². The van der Waals surface area contributed by atoms with Crippen LogP contribution >= 0.6 is 15.9 Å². The molecule has 1 aromatic heterocycles. The number of nitrogens with one attached hydrogen (secondary N) is 2. The lowest BCUT2D eigenvalue weighted by Crippen LogP contribution is -2.12. The highest BCUT2D eigenvalue weighted by Crippen LogP contribution is 2.23. The summed E-state index contributed by atoms with van der Waals surface area (Å²) >= 11 is 3.43. The standard InChI is InChI=1S/C15H14BrN5/c16-13-9-19-15(21-17)20-14(13)18-8-11-6-3-5-10-4-1-2-7-12(10)11/h1-7,9H,8,17H2,(H2,18,19,20,21). The lowest BCUT2D eigenvalue weighted by Gasteiger charge is -2.10. The molecule has 0 bridgehead atoms. The lowest BCUT2D eigenvalue weighted by molar-refractivity contribution is 1.06. The summed E-state index contributed by atoms with van der Waals surface area (Å²) < 4.78 is 0.793. The van der Waals surface area contributed by atoms with Crippen LogP contribution in [0.3, 0.4) is 0 Å². The Kier molecular flexibility index (Phi) is 3.98. The van der Waals surface area contributed by atoms with Gasteiger partial charge >= 0.3 is 0 Å². The number of aromatic nitrogens is 2. The van der Waals surface area contributed by atoms with Gasteiger partial charge in [-0.05, 0) is 32.3 Å². The van der Waals surface area contributed by atoms with Crippen molar-refractivity contribution < 1.29 is 0 Å². The fourth-order valence-corrected chi connectivity index (χ4v) is 2.52. The Morgan fingerprint density at radius 3 is 2.76 bits per heavy atom. The zero-order chi connectivity index (χ0) is 14.7. The van der Waals surface area contributed by atoms with Crippen molar-refractivity contribution in [3.63, 3.8) is 0 Å². The van der Waals surface area contributed by atoms with Crippen molar-refractivity contribution >= 4 is 38.5 Å². The SMILES string of the molecule is NNc1ncc(Br)c(NCc2cccc3ccccc23)n1. The number of hydrazine groups is 1. The van der Waals surface area contributed by atoms with Gasteiger partial charge in [0.15, 0.2) is 0 Å². The Morgan fingerprint density at radius 2 is 1.90 bits per heavy atom. The first kappa shape index (κ1) is 13.8. The number of rotatable bonds is 4. The molecule has 0 unspecified atom stereocenters. The smallest absolute Gasteiger partial charge is 0.239 e. The molecule has 0 saturated heterocycles. The molecular formula is C15H14BrN5. The number of fused-ring (bicyclic) bond motifs is 1. The van der Waals surface area contributed by atoms with Gasteiger partial charge in [0.05, 0.1) is 4.47 Å². The predicted molar refractivity (Wildman–Crippen MR) is 88.8 cm³/mol.